The Kier molecular flexibility index (Phi) is 5.35. The highest BCUT2D eigenvalue weighted by atomic mass is 16.4. The van der Waals surface area contributed by atoms with Gasteiger partial charge in [0.2, 0.25) is 5.89 Å². The molecule has 2 aromatic rings. The lowest BCUT2D eigenvalue weighted by molar-refractivity contribution is 0.243. The number of aliphatic imine (C=N–C) groups is 1. The van der Waals surface area contributed by atoms with Crippen LogP contribution in [0.1, 0.15) is 57.2 Å². The fourth-order valence-corrected chi connectivity index (χ4v) is 3.33. The van der Waals surface area contributed by atoms with Gasteiger partial charge in [-0.25, -0.2) is 4.98 Å². The van der Waals surface area contributed by atoms with Crippen LogP contribution in [-0.4, -0.2) is 24.5 Å². The number of rotatable bonds is 5. The van der Waals surface area contributed by atoms with Crippen LogP contribution in [0.3, 0.4) is 0 Å². The molecule has 1 aliphatic carbocycles. The summed E-state index contributed by atoms with van der Waals surface area (Å²) in [5.74, 6) is 2.36. The molecule has 1 aromatic carbocycles. The van der Waals surface area contributed by atoms with Crippen molar-refractivity contribution in [3.63, 3.8) is 0 Å². The standard InChI is InChI=1S/C21H30N4O/c1-20(2,3)17-13-23-18(26-17)14-24-19(22-4)25-15-21(11-8-12-21)16-9-6-5-7-10-16/h5-7,9-10,13H,8,11-12,14-15H2,1-4H3,(H2,22,24,25). The van der Waals surface area contributed by atoms with Crippen molar-refractivity contribution in [3.8, 4) is 0 Å². The third-order valence-corrected chi connectivity index (χ3v) is 5.21. The molecule has 0 atom stereocenters. The second-order valence-electron chi connectivity index (χ2n) is 8.15. The molecular weight excluding hydrogens is 324 g/mol. The summed E-state index contributed by atoms with van der Waals surface area (Å²) in [6.07, 6.45) is 5.53. The molecule has 0 amide bonds. The summed E-state index contributed by atoms with van der Waals surface area (Å²) in [6.45, 7) is 7.76. The second-order valence-corrected chi connectivity index (χ2v) is 8.15. The Morgan fingerprint density at radius 3 is 2.46 bits per heavy atom. The Labute approximate surface area is 156 Å². The van der Waals surface area contributed by atoms with E-state index >= 15 is 0 Å². The number of hydrogen-bond acceptors (Lipinski definition) is 3. The van der Waals surface area contributed by atoms with Gasteiger partial charge < -0.3 is 15.1 Å². The van der Waals surface area contributed by atoms with E-state index in [0.29, 0.717) is 12.4 Å². The molecule has 1 aliphatic rings. The maximum Gasteiger partial charge on any atom is 0.213 e. The Bertz CT molecular complexity index is 739. The van der Waals surface area contributed by atoms with Crippen molar-refractivity contribution < 1.29 is 4.42 Å². The van der Waals surface area contributed by atoms with Gasteiger partial charge in [-0.1, -0.05) is 57.5 Å². The van der Waals surface area contributed by atoms with Crippen LogP contribution in [0.25, 0.3) is 0 Å². The lowest BCUT2D eigenvalue weighted by Gasteiger charge is -2.43. The highest BCUT2D eigenvalue weighted by molar-refractivity contribution is 5.79. The van der Waals surface area contributed by atoms with Crippen molar-refractivity contribution in [2.45, 2.75) is 57.4 Å². The van der Waals surface area contributed by atoms with E-state index < -0.39 is 0 Å². The number of nitrogens with one attached hydrogen (secondary N) is 2. The Balaban J connectivity index is 1.56. The van der Waals surface area contributed by atoms with Gasteiger partial charge in [0.1, 0.15) is 5.76 Å². The van der Waals surface area contributed by atoms with Gasteiger partial charge in [0.15, 0.2) is 5.96 Å². The predicted octanol–water partition coefficient (Wildman–Crippen LogP) is 3.76. The van der Waals surface area contributed by atoms with Gasteiger partial charge in [0.25, 0.3) is 0 Å². The summed E-state index contributed by atoms with van der Waals surface area (Å²) in [7, 11) is 1.79. The molecule has 0 aliphatic heterocycles. The van der Waals surface area contributed by atoms with E-state index in [4.69, 9.17) is 4.42 Å². The summed E-state index contributed by atoms with van der Waals surface area (Å²) in [6, 6.07) is 10.8. The number of nitrogens with zero attached hydrogens (tertiary/aromatic N) is 2. The average Bonchev–Trinajstić information content (AvgIpc) is 3.07. The molecule has 2 N–H and O–H groups in total. The van der Waals surface area contributed by atoms with Crippen molar-refractivity contribution in [3.05, 3.63) is 53.7 Å². The number of aromatic nitrogens is 1. The van der Waals surface area contributed by atoms with E-state index in [1.165, 1.54) is 24.8 Å². The summed E-state index contributed by atoms with van der Waals surface area (Å²) in [5, 5.41) is 6.79. The van der Waals surface area contributed by atoms with Crippen LogP contribution in [0.5, 0.6) is 0 Å². The summed E-state index contributed by atoms with van der Waals surface area (Å²) in [5.41, 5.74) is 1.61. The molecule has 0 bridgehead atoms. The number of guanidine groups is 1. The van der Waals surface area contributed by atoms with E-state index in [9.17, 15) is 0 Å². The van der Waals surface area contributed by atoms with Gasteiger partial charge in [-0.05, 0) is 18.4 Å². The van der Waals surface area contributed by atoms with Crippen molar-refractivity contribution in [2.75, 3.05) is 13.6 Å². The maximum absolute atomic E-state index is 5.83. The fraction of sp³-hybridized carbons (Fsp3) is 0.524. The molecule has 0 spiro atoms. The number of hydrogen-bond donors (Lipinski definition) is 2. The van der Waals surface area contributed by atoms with Crippen molar-refractivity contribution in [1.29, 1.82) is 0 Å². The lowest BCUT2D eigenvalue weighted by atomic mass is 9.64. The topological polar surface area (TPSA) is 62.5 Å². The molecule has 5 heteroatoms. The molecular formula is C21H30N4O. The lowest BCUT2D eigenvalue weighted by Crippen LogP contribution is -2.48. The van der Waals surface area contributed by atoms with Gasteiger partial charge in [0.05, 0.1) is 12.7 Å². The number of oxazole rings is 1. The highest BCUT2D eigenvalue weighted by Gasteiger charge is 2.38. The smallest absolute Gasteiger partial charge is 0.213 e. The normalized spacial score (nSPS) is 16.8. The van der Waals surface area contributed by atoms with Crippen LogP contribution in [0, 0.1) is 0 Å². The SMILES string of the molecule is CN=C(NCc1ncc(C(C)(C)C)o1)NCC1(c2ccccc2)CCC1. The van der Waals surface area contributed by atoms with E-state index in [-0.39, 0.29) is 10.8 Å². The van der Waals surface area contributed by atoms with Gasteiger partial charge in [-0.15, -0.1) is 0 Å². The van der Waals surface area contributed by atoms with E-state index in [1.54, 1.807) is 7.05 Å². The summed E-state index contributed by atoms with van der Waals surface area (Å²) < 4.78 is 5.83. The van der Waals surface area contributed by atoms with Crippen molar-refractivity contribution >= 4 is 5.96 Å². The van der Waals surface area contributed by atoms with E-state index in [2.05, 4.69) is 71.7 Å². The minimum atomic E-state index is -0.0303. The predicted molar refractivity (Wildman–Crippen MR) is 105 cm³/mol. The first kappa shape index (κ1) is 18.5. The molecule has 3 rings (SSSR count). The molecule has 0 radical (unpaired) electrons. The van der Waals surface area contributed by atoms with Crippen LogP contribution in [-0.2, 0) is 17.4 Å². The first-order chi connectivity index (χ1) is 12.4. The average molecular weight is 354 g/mol. The van der Waals surface area contributed by atoms with Crippen LogP contribution in [0.15, 0.2) is 45.9 Å². The summed E-state index contributed by atoms with van der Waals surface area (Å²) >= 11 is 0. The van der Waals surface area contributed by atoms with Crippen LogP contribution < -0.4 is 10.6 Å². The van der Waals surface area contributed by atoms with Gasteiger partial charge in [-0.3, -0.25) is 4.99 Å². The third-order valence-electron chi connectivity index (χ3n) is 5.21. The van der Waals surface area contributed by atoms with Gasteiger partial charge in [0, 0.05) is 24.4 Å². The minimum Gasteiger partial charge on any atom is -0.443 e. The highest BCUT2D eigenvalue weighted by Crippen LogP contribution is 2.43. The maximum atomic E-state index is 5.83. The molecule has 1 saturated carbocycles. The zero-order valence-electron chi connectivity index (χ0n) is 16.3. The molecule has 1 fully saturated rings. The minimum absolute atomic E-state index is 0.0303. The molecule has 5 nitrogen and oxygen atoms in total. The Morgan fingerprint density at radius 1 is 1.19 bits per heavy atom. The number of benzene rings is 1. The molecule has 1 aromatic heterocycles. The largest absolute Gasteiger partial charge is 0.443 e. The zero-order valence-corrected chi connectivity index (χ0v) is 16.3. The first-order valence-electron chi connectivity index (χ1n) is 9.38. The third kappa shape index (κ3) is 4.09. The van der Waals surface area contributed by atoms with Crippen LogP contribution >= 0.6 is 0 Å². The second kappa shape index (κ2) is 7.52. The summed E-state index contributed by atoms with van der Waals surface area (Å²) in [4.78, 5) is 8.70. The Hall–Kier alpha value is -2.30. The fourth-order valence-electron chi connectivity index (χ4n) is 3.33. The van der Waals surface area contributed by atoms with Gasteiger partial charge >= 0.3 is 0 Å². The molecule has 1 heterocycles. The molecule has 0 unspecified atom stereocenters. The molecule has 0 saturated heterocycles. The first-order valence-corrected chi connectivity index (χ1v) is 9.38. The van der Waals surface area contributed by atoms with Crippen molar-refractivity contribution in [1.82, 2.24) is 15.6 Å². The monoisotopic (exact) mass is 354 g/mol. The zero-order chi connectivity index (χ0) is 18.6. The quantitative estimate of drug-likeness (QED) is 0.634. The van der Waals surface area contributed by atoms with Crippen LogP contribution in [0.2, 0.25) is 0 Å². The van der Waals surface area contributed by atoms with Crippen molar-refractivity contribution in [2.24, 2.45) is 4.99 Å². The van der Waals surface area contributed by atoms with E-state index in [1.807, 2.05) is 6.20 Å². The molecule has 26 heavy (non-hydrogen) atoms. The van der Waals surface area contributed by atoms with Crippen LogP contribution in [0.4, 0.5) is 0 Å². The molecule has 140 valence electrons. The van der Waals surface area contributed by atoms with Gasteiger partial charge in [-0.2, -0.15) is 0 Å². The Morgan fingerprint density at radius 2 is 1.92 bits per heavy atom. The van der Waals surface area contributed by atoms with E-state index in [0.717, 1.165) is 18.3 Å².